The minimum atomic E-state index is -3.73. The van der Waals surface area contributed by atoms with E-state index in [0.717, 1.165) is 6.42 Å². The van der Waals surface area contributed by atoms with Gasteiger partial charge in [-0.2, -0.15) is 12.7 Å². The number of rotatable bonds is 10. The van der Waals surface area contributed by atoms with E-state index in [2.05, 4.69) is 5.32 Å². The minimum Gasteiger partial charge on any atom is -0.494 e. The van der Waals surface area contributed by atoms with Crippen LogP contribution in [0.2, 0.25) is 0 Å². The van der Waals surface area contributed by atoms with Crippen molar-refractivity contribution >= 4 is 33.1 Å². The summed E-state index contributed by atoms with van der Waals surface area (Å²) in [7, 11) is -3.73. The van der Waals surface area contributed by atoms with Gasteiger partial charge in [-0.15, -0.1) is 11.3 Å². The lowest BCUT2D eigenvalue weighted by molar-refractivity contribution is -0.126. The van der Waals surface area contributed by atoms with Crippen molar-refractivity contribution in [3.8, 4) is 5.75 Å². The molecule has 0 saturated carbocycles. The van der Waals surface area contributed by atoms with Crippen molar-refractivity contribution in [2.75, 3.05) is 37.1 Å². The molecule has 1 aliphatic heterocycles. The first kappa shape index (κ1) is 23.6. The second-order valence-electron chi connectivity index (χ2n) is 7.42. The van der Waals surface area contributed by atoms with Crippen LogP contribution in [0.3, 0.4) is 0 Å². The summed E-state index contributed by atoms with van der Waals surface area (Å²) < 4.78 is 35.0. The summed E-state index contributed by atoms with van der Waals surface area (Å²) in [5.41, 5.74) is 0.591. The van der Waals surface area contributed by atoms with Gasteiger partial charge >= 0.3 is 10.2 Å². The van der Waals surface area contributed by atoms with Crippen LogP contribution >= 0.6 is 11.3 Å². The topological polar surface area (TPSA) is 79.0 Å². The van der Waals surface area contributed by atoms with Gasteiger partial charge in [-0.05, 0) is 68.8 Å². The lowest BCUT2D eigenvalue weighted by Gasteiger charge is -2.35. The molecule has 2 heterocycles. The van der Waals surface area contributed by atoms with Crippen LogP contribution in [0.25, 0.3) is 0 Å². The number of carbonyl (C=O) groups is 1. The lowest BCUT2D eigenvalue weighted by atomic mass is 9.99. The Morgan fingerprint density at radius 1 is 1.26 bits per heavy atom. The fourth-order valence-corrected chi connectivity index (χ4v) is 6.20. The van der Waals surface area contributed by atoms with Crippen LogP contribution in [-0.2, 0) is 21.4 Å². The molecule has 1 aromatic carbocycles. The molecule has 1 amide bonds. The zero-order valence-corrected chi connectivity index (χ0v) is 19.8. The van der Waals surface area contributed by atoms with E-state index >= 15 is 0 Å². The Hall–Kier alpha value is -2.10. The molecule has 1 aromatic heterocycles. The molecule has 0 bridgehead atoms. The molecular formula is C22H31N3O4S2. The van der Waals surface area contributed by atoms with Gasteiger partial charge in [0, 0.05) is 31.1 Å². The third-order valence-electron chi connectivity index (χ3n) is 5.33. The molecule has 9 heteroatoms. The molecule has 170 valence electrons. The van der Waals surface area contributed by atoms with Gasteiger partial charge in [-0.3, -0.25) is 9.10 Å². The number of nitrogens with one attached hydrogen (secondary N) is 1. The van der Waals surface area contributed by atoms with Gasteiger partial charge in [0.1, 0.15) is 5.75 Å². The van der Waals surface area contributed by atoms with Crippen LogP contribution in [0, 0.1) is 5.92 Å². The largest absolute Gasteiger partial charge is 0.494 e. The van der Waals surface area contributed by atoms with Crippen molar-refractivity contribution in [1.29, 1.82) is 0 Å². The molecule has 1 saturated heterocycles. The Morgan fingerprint density at radius 3 is 2.68 bits per heavy atom. The highest BCUT2D eigenvalue weighted by Crippen LogP contribution is 2.27. The smallest absolute Gasteiger partial charge is 0.304 e. The maximum absolute atomic E-state index is 13.4. The molecule has 1 N–H and O–H groups in total. The Bertz CT molecular complexity index is 930. The van der Waals surface area contributed by atoms with Crippen LogP contribution in [0.5, 0.6) is 5.75 Å². The van der Waals surface area contributed by atoms with Gasteiger partial charge in [-0.25, -0.2) is 0 Å². The van der Waals surface area contributed by atoms with Gasteiger partial charge in [0.05, 0.1) is 18.2 Å². The Kier molecular flexibility index (Phi) is 8.34. The average Bonchev–Trinajstić information content (AvgIpc) is 3.29. The van der Waals surface area contributed by atoms with Crippen LogP contribution < -0.4 is 14.4 Å². The molecular weight excluding hydrogens is 434 g/mol. The molecule has 2 aromatic rings. The maximum atomic E-state index is 13.4. The van der Waals surface area contributed by atoms with Crippen molar-refractivity contribution in [3.05, 3.63) is 46.7 Å². The average molecular weight is 466 g/mol. The molecule has 1 atom stereocenters. The summed E-state index contributed by atoms with van der Waals surface area (Å²) in [6.45, 7) is 5.78. The number of piperidine rings is 1. The molecule has 31 heavy (non-hydrogen) atoms. The van der Waals surface area contributed by atoms with Gasteiger partial charge in [0.2, 0.25) is 5.91 Å². The summed E-state index contributed by atoms with van der Waals surface area (Å²) >= 11 is 1.67. The number of anilines is 1. The third kappa shape index (κ3) is 5.99. The SMILES string of the molecule is CCOc1ccc(N(CC)S(=O)(=O)N2CCC[C@@H](C(=O)NCCc3cccs3)C2)cc1. The first-order chi connectivity index (χ1) is 15.0. The van der Waals surface area contributed by atoms with Crippen LogP contribution in [0.4, 0.5) is 5.69 Å². The standard InChI is InChI=1S/C22H31N3O4S2/c1-3-25(19-9-11-20(12-10-19)29-4-2)31(27,28)24-15-5-7-18(17-24)22(26)23-14-13-21-8-6-16-30-21/h6,8-12,16,18H,3-5,7,13-15,17H2,1-2H3,(H,23,26)/t18-/m1/s1. The van der Waals surface area contributed by atoms with E-state index in [9.17, 15) is 13.2 Å². The third-order valence-corrected chi connectivity index (χ3v) is 8.28. The highest BCUT2D eigenvalue weighted by atomic mass is 32.2. The number of hydrogen-bond acceptors (Lipinski definition) is 5. The number of nitrogens with zero attached hydrogens (tertiary/aromatic N) is 2. The zero-order chi connectivity index (χ0) is 22.3. The van der Waals surface area contributed by atoms with Crippen molar-refractivity contribution in [3.63, 3.8) is 0 Å². The van der Waals surface area contributed by atoms with Gasteiger partial charge in [0.15, 0.2) is 0 Å². The summed E-state index contributed by atoms with van der Waals surface area (Å²) in [5, 5.41) is 4.99. The van der Waals surface area contributed by atoms with Crippen LogP contribution in [0.1, 0.15) is 31.6 Å². The molecule has 0 aliphatic carbocycles. The summed E-state index contributed by atoms with van der Waals surface area (Å²) in [6.07, 6.45) is 2.16. The van der Waals surface area contributed by atoms with Crippen LogP contribution in [0.15, 0.2) is 41.8 Å². The number of amides is 1. The number of hydrogen-bond donors (Lipinski definition) is 1. The Morgan fingerprint density at radius 2 is 2.03 bits per heavy atom. The minimum absolute atomic E-state index is 0.0689. The summed E-state index contributed by atoms with van der Waals surface area (Å²) in [4.78, 5) is 13.9. The normalized spacial score (nSPS) is 17.3. The second-order valence-corrected chi connectivity index (χ2v) is 10.3. The number of benzene rings is 1. The monoisotopic (exact) mass is 465 g/mol. The van der Waals surface area contributed by atoms with E-state index in [4.69, 9.17) is 4.74 Å². The number of thiophene rings is 1. The summed E-state index contributed by atoms with van der Waals surface area (Å²) in [5.74, 6) is 0.309. The van der Waals surface area contributed by atoms with Gasteiger partial charge in [-0.1, -0.05) is 6.07 Å². The van der Waals surface area contributed by atoms with E-state index in [0.29, 0.717) is 50.5 Å². The predicted octanol–water partition coefficient (Wildman–Crippen LogP) is 3.29. The molecule has 1 aliphatic rings. The number of carbonyl (C=O) groups excluding carboxylic acids is 1. The molecule has 3 rings (SSSR count). The van der Waals surface area contributed by atoms with Crippen molar-refractivity contribution < 1.29 is 17.9 Å². The highest BCUT2D eigenvalue weighted by molar-refractivity contribution is 7.90. The predicted molar refractivity (Wildman–Crippen MR) is 125 cm³/mol. The first-order valence-electron chi connectivity index (χ1n) is 10.8. The van der Waals surface area contributed by atoms with E-state index in [-0.39, 0.29) is 18.4 Å². The fourth-order valence-electron chi connectivity index (χ4n) is 3.77. The Labute approximate surface area is 189 Å². The fraction of sp³-hybridized carbons (Fsp3) is 0.500. The maximum Gasteiger partial charge on any atom is 0.304 e. The first-order valence-corrected chi connectivity index (χ1v) is 13.0. The van der Waals surface area contributed by atoms with E-state index < -0.39 is 10.2 Å². The molecule has 0 unspecified atom stereocenters. The quantitative estimate of drug-likeness (QED) is 0.584. The molecule has 0 radical (unpaired) electrons. The van der Waals surface area contributed by atoms with Gasteiger partial charge < -0.3 is 10.1 Å². The van der Waals surface area contributed by atoms with E-state index in [1.807, 2.05) is 31.4 Å². The summed E-state index contributed by atoms with van der Waals surface area (Å²) in [6, 6.07) is 11.1. The van der Waals surface area contributed by atoms with E-state index in [1.54, 1.807) is 35.6 Å². The Balaban J connectivity index is 1.63. The number of ether oxygens (including phenoxy) is 1. The van der Waals surface area contributed by atoms with Crippen molar-refractivity contribution in [2.45, 2.75) is 33.1 Å². The lowest BCUT2D eigenvalue weighted by Crippen LogP contribution is -2.50. The van der Waals surface area contributed by atoms with Crippen LogP contribution in [-0.4, -0.2) is 51.4 Å². The molecule has 1 fully saturated rings. The highest BCUT2D eigenvalue weighted by Gasteiger charge is 2.35. The van der Waals surface area contributed by atoms with Gasteiger partial charge in [0.25, 0.3) is 0 Å². The zero-order valence-electron chi connectivity index (χ0n) is 18.1. The molecule has 0 spiro atoms. The van der Waals surface area contributed by atoms with Crippen molar-refractivity contribution in [2.24, 2.45) is 5.92 Å². The molecule has 7 nitrogen and oxygen atoms in total. The van der Waals surface area contributed by atoms with E-state index in [1.165, 1.54) is 13.5 Å². The van der Waals surface area contributed by atoms with Crippen molar-refractivity contribution in [1.82, 2.24) is 9.62 Å². The second kappa shape index (κ2) is 11.0.